The van der Waals surface area contributed by atoms with Crippen molar-refractivity contribution < 1.29 is 0 Å². The van der Waals surface area contributed by atoms with Gasteiger partial charge >= 0.3 is 0 Å². The van der Waals surface area contributed by atoms with Crippen LogP contribution in [-0.2, 0) is 0 Å². The van der Waals surface area contributed by atoms with Crippen LogP contribution >= 0.6 is 43.2 Å². The van der Waals surface area contributed by atoms with Gasteiger partial charge in [-0.25, -0.2) is 0 Å². The van der Waals surface area contributed by atoms with Gasteiger partial charge in [-0.15, -0.1) is 0 Å². The van der Waals surface area contributed by atoms with Crippen LogP contribution in [0.3, 0.4) is 0 Å². The molecule has 0 aromatic heterocycles. The normalized spacial score (nSPS) is 24.0. The summed E-state index contributed by atoms with van der Waals surface area (Å²) in [4.78, 5) is 0. The highest BCUT2D eigenvalue weighted by atomic mass is 33.2. The summed E-state index contributed by atoms with van der Waals surface area (Å²) in [7, 11) is 7.81. The Hall–Kier alpha value is 1.40. The Bertz CT molecular complexity index is 21.0. The maximum absolute atomic E-state index is 1.95. The standard InChI is InChI=1S/C2H4S4/c1-3-5-2-6-4-1/h1-2H2. The summed E-state index contributed by atoms with van der Waals surface area (Å²) >= 11 is 0. The van der Waals surface area contributed by atoms with Crippen molar-refractivity contribution in [3.8, 4) is 0 Å². The predicted molar refractivity (Wildman–Crippen MR) is 40.1 cm³/mol. The van der Waals surface area contributed by atoms with Crippen molar-refractivity contribution in [1.82, 2.24) is 0 Å². The van der Waals surface area contributed by atoms with Crippen LogP contribution in [0.1, 0.15) is 0 Å². The van der Waals surface area contributed by atoms with E-state index in [-0.39, 0.29) is 0 Å². The Kier molecular flexibility index (Phi) is 3.14. The van der Waals surface area contributed by atoms with E-state index in [4.69, 9.17) is 0 Å². The van der Waals surface area contributed by atoms with Crippen molar-refractivity contribution in [2.75, 3.05) is 10.2 Å². The van der Waals surface area contributed by atoms with Crippen molar-refractivity contribution in [2.24, 2.45) is 0 Å². The topological polar surface area (TPSA) is 0 Å². The number of hydrogen-bond acceptors (Lipinski definition) is 4. The van der Waals surface area contributed by atoms with Gasteiger partial charge < -0.3 is 0 Å². The van der Waals surface area contributed by atoms with Crippen molar-refractivity contribution in [2.45, 2.75) is 0 Å². The molecule has 0 radical (unpaired) electrons. The SMILES string of the molecule is C1SSCSS1. The maximum Gasteiger partial charge on any atom is 0.0600 e. The van der Waals surface area contributed by atoms with E-state index >= 15 is 0 Å². The van der Waals surface area contributed by atoms with Gasteiger partial charge in [0.2, 0.25) is 0 Å². The van der Waals surface area contributed by atoms with Crippen LogP contribution in [0.2, 0.25) is 0 Å². The highest BCUT2D eigenvalue weighted by Gasteiger charge is 1.97. The van der Waals surface area contributed by atoms with Gasteiger partial charge in [0.25, 0.3) is 0 Å². The van der Waals surface area contributed by atoms with Crippen LogP contribution in [-0.4, -0.2) is 10.2 Å². The minimum atomic E-state index is 1.26. The lowest BCUT2D eigenvalue weighted by Crippen LogP contribution is -1.69. The number of hydrogen-bond donors (Lipinski definition) is 0. The van der Waals surface area contributed by atoms with Crippen LogP contribution in [0.5, 0.6) is 0 Å². The van der Waals surface area contributed by atoms with E-state index in [1.807, 2.05) is 43.2 Å². The Labute approximate surface area is 53.4 Å². The fraction of sp³-hybridized carbons (Fsp3) is 1.00. The van der Waals surface area contributed by atoms with Gasteiger partial charge in [-0.1, -0.05) is 43.2 Å². The lowest BCUT2D eigenvalue weighted by molar-refractivity contribution is 2.29. The zero-order chi connectivity index (χ0) is 4.24. The number of rotatable bonds is 0. The van der Waals surface area contributed by atoms with E-state index in [0.29, 0.717) is 0 Å². The molecule has 0 bridgehead atoms. The van der Waals surface area contributed by atoms with Gasteiger partial charge in [-0.2, -0.15) is 0 Å². The zero-order valence-electron chi connectivity index (χ0n) is 3.05. The molecule has 0 nitrogen and oxygen atoms in total. The first kappa shape index (κ1) is 5.54. The van der Waals surface area contributed by atoms with E-state index < -0.39 is 0 Å². The van der Waals surface area contributed by atoms with Gasteiger partial charge in [-0.3, -0.25) is 0 Å². The van der Waals surface area contributed by atoms with Crippen molar-refractivity contribution in [3.63, 3.8) is 0 Å². The van der Waals surface area contributed by atoms with Crippen LogP contribution in [0.15, 0.2) is 0 Å². The summed E-state index contributed by atoms with van der Waals surface area (Å²) in [6.45, 7) is 0. The van der Waals surface area contributed by atoms with E-state index in [2.05, 4.69) is 0 Å². The van der Waals surface area contributed by atoms with Gasteiger partial charge in [0.1, 0.15) is 0 Å². The first-order valence-electron chi connectivity index (χ1n) is 1.49. The van der Waals surface area contributed by atoms with Gasteiger partial charge in [0.15, 0.2) is 0 Å². The van der Waals surface area contributed by atoms with E-state index in [9.17, 15) is 0 Å². The molecule has 4 heteroatoms. The largest absolute Gasteiger partial charge is 0.0814 e. The monoisotopic (exact) mass is 156 g/mol. The second kappa shape index (κ2) is 3.41. The Morgan fingerprint density at radius 1 is 0.667 bits per heavy atom. The van der Waals surface area contributed by atoms with Gasteiger partial charge in [0.05, 0.1) is 10.2 Å². The maximum atomic E-state index is 1.95. The summed E-state index contributed by atoms with van der Waals surface area (Å²) in [5.41, 5.74) is 0. The molecule has 1 aliphatic rings. The fourth-order valence-corrected chi connectivity index (χ4v) is 6.86. The van der Waals surface area contributed by atoms with Gasteiger partial charge in [-0.05, 0) is 0 Å². The summed E-state index contributed by atoms with van der Waals surface area (Å²) in [5.74, 6) is 0. The van der Waals surface area contributed by atoms with Crippen molar-refractivity contribution >= 4 is 43.2 Å². The molecule has 0 saturated carbocycles. The third kappa shape index (κ3) is 1.91. The molecule has 0 aliphatic carbocycles. The average Bonchev–Trinajstić information content (AvgIpc) is 1.72. The summed E-state index contributed by atoms with van der Waals surface area (Å²) in [5, 5.41) is 2.52. The van der Waals surface area contributed by atoms with E-state index in [0.717, 1.165) is 0 Å². The molecule has 1 fully saturated rings. The molecular formula is C2H4S4. The molecule has 0 amide bonds. The predicted octanol–water partition coefficient (Wildman–Crippen LogP) is 2.68. The molecule has 0 spiro atoms. The first-order chi connectivity index (χ1) is 3.00. The highest BCUT2D eigenvalue weighted by Crippen LogP contribution is 2.42. The second-order valence-electron chi connectivity index (χ2n) is 0.707. The van der Waals surface area contributed by atoms with Gasteiger partial charge in [0, 0.05) is 0 Å². The van der Waals surface area contributed by atoms with Crippen molar-refractivity contribution in [3.05, 3.63) is 0 Å². The second-order valence-corrected chi connectivity index (χ2v) is 6.36. The van der Waals surface area contributed by atoms with E-state index in [1.54, 1.807) is 0 Å². The molecule has 0 N–H and O–H groups in total. The molecule has 1 aliphatic heterocycles. The Morgan fingerprint density at radius 3 is 1.17 bits per heavy atom. The molecule has 0 unspecified atom stereocenters. The molecule has 6 heavy (non-hydrogen) atoms. The summed E-state index contributed by atoms with van der Waals surface area (Å²) in [6.07, 6.45) is 0. The van der Waals surface area contributed by atoms with Crippen LogP contribution in [0, 0.1) is 0 Å². The Morgan fingerprint density at radius 2 is 1.00 bits per heavy atom. The first-order valence-corrected chi connectivity index (χ1v) is 6.46. The lowest BCUT2D eigenvalue weighted by Gasteiger charge is -2.03. The zero-order valence-corrected chi connectivity index (χ0v) is 6.31. The third-order valence-electron chi connectivity index (χ3n) is 0.359. The molecule has 0 aromatic carbocycles. The smallest absolute Gasteiger partial charge is 0.0600 e. The van der Waals surface area contributed by atoms with Crippen LogP contribution in [0.4, 0.5) is 0 Å². The van der Waals surface area contributed by atoms with Crippen LogP contribution < -0.4 is 0 Å². The van der Waals surface area contributed by atoms with E-state index in [1.165, 1.54) is 10.2 Å². The molecule has 0 atom stereocenters. The molecule has 1 rings (SSSR count). The minimum absolute atomic E-state index is 1.26. The lowest BCUT2D eigenvalue weighted by atomic mass is 11.9. The average molecular weight is 156 g/mol. The quantitative estimate of drug-likeness (QED) is 0.494. The molecule has 36 valence electrons. The molecule has 1 heterocycles. The molecular weight excluding hydrogens is 152 g/mol. The molecule has 0 aromatic rings. The minimum Gasteiger partial charge on any atom is -0.0814 e. The molecule has 1 saturated heterocycles. The van der Waals surface area contributed by atoms with Crippen molar-refractivity contribution in [1.29, 1.82) is 0 Å². The third-order valence-corrected chi connectivity index (χ3v) is 6.70. The van der Waals surface area contributed by atoms with Crippen LogP contribution in [0.25, 0.3) is 0 Å². The fourth-order valence-electron chi connectivity index (χ4n) is 0.175. The summed E-state index contributed by atoms with van der Waals surface area (Å²) in [6, 6.07) is 0. The summed E-state index contributed by atoms with van der Waals surface area (Å²) < 4.78 is 0. The Balaban J connectivity index is 2.00. The highest BCUT2D eigenvalue weighted by molar-refractivity contribution is 8.92.